The monoisotopic (exact) mass is 404 g/mol. The highest BCUT2D eigenvalue weighted by atomic mass is 16.5. The summed E-state index contributed by atoms with van der Waals surface area (Å²) >= 11 is 0. The van der Waals surface area contributed by atoms with E-state index in [-0.39, 0.29) is 12.1 Å². The number of ether oxygens (including phenoxy) is 1. The Balaban J connectivity index is 1.46. The summed E-state index contributed by atoms with van der Waals surface area (Å²) in [7, 11) is 0. The third-order valence-electron chi connectivity index (χ3n) is 10.1. The van der Waals surface area contributed by atoms with Crippen molar-refractivity contribution >= 4 is 11.9 Å². The molecule has 4 rings (SSSR count). The first-order chi connectivity index (χ1) is 13.8. The molecule has 1 N–H and O–H groups in total. The molecule has 4 fully saturated rings. The molecule has 0 aromatic rings. The molecule has 0 aromatic heterocycles. The predicted octanol–water partition coefficient (Wildman–Crippen LogP) is 5.83. The lowest BCUT2D eigenvalue weighted by molar-refractivity contribution is -0.162. The molecule has 164 valence electrons. The van der Waals surface area contributed by atoms with Gasteiger partial charge in [0.05, 0.1) is 0 Å². The van der Waals surface area contributed by atoms with Crippen LogP contribution in [0.5, 0.6) is 0 Å². The number of carboxylic acids is 1. The summed E-state index contributed by atoms with van der Waals surface area (Å²) < 4.78 is 5.73. The number of carbonyl (C=O) groups is 2. The molecule has 4 aliphatic carbocycles. The largest absolute Gasteiger partial charge is 0.481 e. The summed E-state index contributed by atoms with van der Waals surface area (Å²) in [5.74, 6) is 3.02. The van der Waals surface area contributed by atoms with Crippen LogP contribution >= 0.6 is 0 Å². The lowest BCUT2D eigenvalue weighted by atomic mass is 9.44. The Morgan fingerprint density at radius 1 is 0.966 bits per heavy atom. The summed E-state index contributed by atoms with van der Waals surface area (Å²) in [4.78, 5) is 22.9. The molecule has 4 saturated carbocycles. The van der Waals surface area contributed by atoms with Crippen molar-refractivity contribution in [1.82, 2.24) is 0 Å². The predicted molar refractivity (Wildman–Crippen MR) is 112 cm³/mol. The van der Waals surface area contributed by atoms with E-state index in [4.69, 9.17) is 9.84 Å². The Kier molecular flexibility index (Phi) is 5.76. The molecular formula is C25H40O4. The molecule has 4 unspecified atom stereocenters. The molecule has 0 aromatic carbocycles. The summed E-state index contributed by atoms with van der Waals surface area (Å²) in [6.45, 7) is 6.92. The van der Waals surface area contributed by atoms with Crippen molar-refractivity contribution in [3.63, 3.8) is 0 Å². The molecule has 0 spiro atoms. The highest BCUT2D eigenvalue weighted by molar-refractivity contribution is 5.69. The molecule has 4 nitrogen and oxygen atoms in total. The summed E-state index contributed by atoms with van der Waals surface area (Å²) in [5, 5.41) is 9.16. The van der Waals surface area contributed by atoms with E-state index in [1.54, 1.807) is 0 Å². The quantitative estimate of drug-likeness (QED) is 0.585. The first-order valence-electron chi connectivity index (χ1n) is 12.2. The fraction of sp³-hybridized carbons (Fsp3) is 0.920. The normalized spacial score (nSPS) is 46.3. The molecule has 0 amide bonds. The third kappa shape index (κ3) is 3.63. The molecule has 0 heterocycles. The van der Waals surface area contributed by atoms with Gasteiger partial charge < -0.3 is 9.84 Å². The summed E-state index contributed by atoms with van der Waals surface area (Å²) in [5.41, 5.74) is 0.756. The lowest BCUT2D eigenvalue weighted by Crippen LogP contribution is -2.54. The minimum atomic E-state index is -0.640. The maximum Gasteiger partial charge on any atom is 0.305 e. The van der Waals surface area contributed by atoms with E-state index >= 15 is 0 Å². The van der Waals surface area contributed by atoms with Crippen LogP contribution in [-0.2, 0) is 14.3 Å². The smallest absolute Gasteiger partial charge is 0.305 e. The highest BCUT2D eigenvalue weighted by Gasteiger charge is 2.60. The fourth-order valence-electron chi connectivity index (χ4n) is 8.48. The zero-order chi connectivity index (χ0) is 20.8. The average molecular weight is 405 g/mol. The van der Waals surface area contributed by atoms with Crippen molar-refractivity contribution in [2.75, 3.05) is 0 Å². The second-order valence-corrected chi connectivity index (χ2v) is 11.1. The first kappa shape index (κ1) is 21.2. The van der Waals surface area contributed by atoms with Crippen molar-refractivity contribution in [1.29, 1.82) is 0 Å². The molecular weight excluding hydrogens is 364 g/mol. The SMILES string of the molecule is CCC(=O)O[C@@H]1CC[C@]2(C)C3CC[C@]4(C)C(CCC(=O)O)CCC4C3CC[C@@H]2C1. The van der Waals surface area contributed by atoms with Gasteiger partial charge in [-0.15, -0.1) is 0 Å². The van der Waals surface area contributed by atoms with Gasteiger partial charge in [-0.05, 0) is 105 Å². The molecule has 8 atom stereocenters. The number of fused-ring (bicyclic) bond motifs is 5. The van der Waals surface area contributed by atoms with Crippen LogP contribution in [-0.4, -0.2) is 23.1 Å². The highest BCUT2D eigenvalue weighted by Crippen LogP contribution is 2.68. The van der Waals surface area contributed by atoms with Crippen molar-refractivity contribution in [2.24, 2.45) is 40.4 Å². The van der Waals surface area contributed by atoms with E-state index in [2.05, 4.69) is 13.8 Å². The number of carbonyl (C=O) groups excluding carboxylic acids is 1. The van der Waals surface area contributed by atoms with E-state index < -0.39 is 5.97 Å². The molecule has 0 saturated heterocycles. The van der Waals surface area contributed by atoms with E-state index in [1.807, 2.05) is 6.92 Å². The van der Waals surface area contributed by atoms with Gasteiger partial charge in [-0.3, -0.25) is 9.59 Å². The molecule has 0 aliphatic heterocycles. The Hall–Kier alpha value is -1.06. The zero-order valence-electron chi connectivity index (χ0n) is 18.6. The maximum atomic E-state index is 11.8. The summed E-state index contributed by atoms with van der Waals surface area (Å²) in [6, 6.07) is 0. The number of aliphatic carboxylic acids is 1. The van der Waals surface area contributed by atoms with Gasteiger partial charge >= 0.3 is 11.9 Å². The number of esters is 1. The van der Waals surface area contributed by atoms with Crippen LogP contribution in [0.2, 0.25) is 0 Å². The zero-order valence-corrected chi connectivity index (χ0v) is 18.6. The Morgan fingerprint density at radius 3 is 2.41 bits per heavy atom. The number of rotatable bonds is 5. The van der Waals surface area contributed by atoms with Crippen molar-refractivity contribution in [3.05, 3.63) is 0 Å². The van der Waals surface area contributed by atoms with Gasteiger partial charge in [-0.25, -0.2) is 0 Å². The van der Waals surface area contributed by atoms with E-state index in [1.165, 1.54) is 44.9 Å². The Bertz CT molecular complexity index is 645. The van der Waals surface area contributed by atoms with Crippen LogP contribution in [0.1, 0.15) is 97.8 Å². The first-order valence-corrected chi connectivity index (χ1v) is 12.2. The van der Waals surface area contributed by atoms with Gasteiger partial charge in [-0.2, -0.15) is 0 Å². The average Bonchev–Trinajstić information content (AvgIpc) is 3.02. The van der Waals surface area contributed by atoms with Crippen LogP contribution in [0, 0.1) is 40.4 Å². The fourth-order valence-corrected chi connectivity index (χ4v) is 8.48. The number of hydrogen-bond donors (Lipinski definition) is 1. The minimum Gasteiger partial charge on any atom is -0.481 e. The van der Waals surface area contributed by atoms with Crippen molar-refractivity contribution < 1.29 is 19.4 Å². The Labute approximate surface area is 176 Å². The van der Waals surface area contributed by atoms with Crippen LogP contribution < -0.4 is 0 Å². The van der Waals surface area contributed by atoms with E-state index in [0.29, 0.717) is 35.5 Å². The van der Waals surface area contributed by atoms with Gasteiger partial charge in [-0.1, -0.05) is 20.8 Å². The van der Waals surface area contributed by atoms with E-state index in [0.717, 1.165) is 37.0 Å². The Morgan fingerprint density at radius 2 is 1.69 bits per heavy atom. The molecule has 0 radical (unpaired) electrons. The van der Waals surface area contributed by atoms with Crippen molar-refractivity contribution in [3.8, 4) is 0 Å². The van der Waals surface area contributed by atoms with Gasteiger partial charge in [0.15, 0.2) is 0 Å². The third-order valence-corrected chi connectivity index (χ3v) is 10.1. The standard InChI is InChI=1S/C25H40O4/c1-4-23(28)29-18-11-13-25(3)17(15-18)5-8-19-20-9-6-16(7-10-22(26)27)24(20,2)14-12-21(19)25/h16-21H,4-15H2,1-3H3,(H,26,27)/t16?,17-,18-,19?,20?,21?,24-,25+/m1/s1. The van der Waals surface area contributed by atoms with Crippen LogP contribution in [0.25, 0.3) is 0 Å². The van der Waals surface area contributed by atoms with Crippen molar-refractivity contribution in [2.45, 2.75) is 104 Å². The number of carboxylic acid groups (broad SMARTS) is 1. The van der Waals surface area contributed by atoms with E-state index in [9.17, 15) is 9.59 Å². The second-order valence-electron chi connectivity index (χ2n) is 11.1. The lowest BCUT2D eigenvalue weighted by Gasteiger charge is -2.61. The molecule has 29 heavy (non-hydrogen) atoms. The molecule has 4 aliphatic rings. The minimum absolute atomic E-state index is 0.0425. The summed E-state index contributed by atoms with van der Waals surface area (Å²) in [6.07, 6.45) is 12.8. The van der Waals surface area contributed by atoms with Crippen LogP contribution in [0.4, 0.5) is 0 Å². The maximum absolute atomic E-state index is 11.8. The molecule has 0 bridgehead atoms. The topological polar surface area (TPSA) is 63.6 Å². The second kappa shape index (κ2) is 7.89. The van der Waals surface area contributed by atoms with Gasteiger partial charge in [0.2, 0.25) is 0 Å². The van der Waals surface area contributed by atoms with Gasteiger partial charge in [0, 0.05) is 12.8 Å². The van der Waals surface area contributed by atoms with Crippen LogP contribution in [0.15, 0.2) is 0 Å². The number of hydrogen-bond acceptors (Lipinski definition) is 3. The van der Waals surface area contributed by atoms with Gasteiger partial charge in [0.1, 0.15) is 6.10 Å². The van der Waals surface area contributed by atoms with Gasteiger partial charge in [0.25, 0.3) is 0 Å². The molecule has 4 heteroatoms. The van der Waals surface area contributed by atoms with Crippen LogP contribution in [0.3, 0.4) is 0 Å².